The zero-order valence-corrected chi connectivity index (χ0v) is 12.9. The molecular formula is C12H26NO6P. The lowest BCUT2D eigenvalue weighted by molar-refractivity contribution is -0.137. The van der Waals surface area contributed by atoms with Gasteiger partial charge >= 0.3 is 13.7 Å². The van der Waals surface area contributed by atoms with E-state index in [0.29, 0.717) is 25.9 Å². The highest BCUT2D eigenvalue weighted by molar-refractivity contribution is 7.48. The van der Waals surface area contributed by atoms with Gasteiger partial charge in [-0.15, -0.1) is 0 Å². The van der Waals surface area contributed by atoms with Crippen molar-refractivity contribution in [1.82, 2.24) is 4.83 Å². The number of carboxylic acid groups (broad SMARTS) is 1. The summed E-state index contributed by atoms with van der Waals surface area (Å²) in [7, 11) is -4.40. The first-order valence-electron chi connectivity index (χ1n) is 7.06. The first-order valence-corrected chi connectivity index (χ1v) is 8.62. The van der Waals surface area contributed by atoms with Crippen molar-refractivity contribution in [1.29, 1.82) is 0 Å². The fraction of sp³-hybridized carbons (Fsp3) is 0.917. The second-order valence-electron chi connectivity index (χ2n) is 4.69. The summed E-state index contributed by atoms with van der Waals surface area (Å²) in [4.78, 5) is 34.5. The molecule has 0 saturated heterocycles. The average molecular weight is 311 g/mol. The lowest BCUT2D eigenvalue weighted by Gasteiger charge is -2.22. The van der Waals surface area contributed by atoms with Crippen molar-refractivity contribution in [3.8, 4) is 0 Å². The van der Waals surface area contributed by atoms with Gasteiger partial charge in [-0.05, 0) is 19.3 Å². The van der Waals surface area contributed by atoms with Crippen LogP contribution in [-0.4, -0.2) is 38.8 Å². The van der Waals surface area contributed by atoms with Gasteiger partial charge in [-0.1, -0.05) is 37.4 Å². The van der Waals surface area contributed by atoms with Crippen molar-refractivity contribution in [3.05, 3.63) is 0 Å². The molecular weight excluding hydrogens is 285 g/mol. The summed E-state index contributed by atoms with van der Waals surface area (Å²) in [6.45, 7) is 2.48. The second-order valence-corrected chi connectivity index (χ2v) is 6.16. The van der Waals surface area contributed by atoms with Crippen molar-refractivity contribution in [2.24, 2.45) is 0 Å². The molecule has 120 valence electrons. The number of unbranched alkanes of at least 4 members (excludes halogenated alkanes) is 5. The summed E-state index contributed by atoms with van der Waals surface area (Å²) in [5, 5.41) is 8.48. The summed E-state index contributed by atoms with van der Waals surface area (Å²) >= 11 is 0. The second kappa shape index (κ2) is 11.2. The van der Waals surface area contributed by atoms with E-state index in [0.717, 1.165) is 30.5 Å². The van der Waals surface area contributed by atoms with Crippen molar-refractivity contribution in [3.63, 3.8) is 0 Å². The number of hydroxylamine groups is 1. The number of rotatable bonds is 13. The molecule has 0 aliphatic rings. The van der Waals surface area contributed by atoms with Crippen LogP contribution < -0.4 is 0 Å². The number of hydrogen-bond acceptors (Lipinski definition) is 3. The van der Waals surface area contributed by atoms with E-state index < -0.39 is 13.7 Å². The lowest BCUT2D eigenvalue weighted by atomic mass is 10.2. The number of hydrogen-bond donors (Lipinski definition) is 3. The maximum atomic E-state index is 11.2. The summed E-state index contributed by atoms with van der Waals surface area (Å²) in [5.74, 6) is -0.857. The van der Waals surface area contributed by atoms with E-state index in [1.807, 2.05) is 0 Å². The number of aliphatic carboxylic acids is 1. The van der Waals surface area contributed by atoms with E-state index in [9.17, 15) is 9.36 Å². The Morgan fingerprint density at radius 3 is 2.30 bits per heavy atom. The first kappa shape index (κ1) is 19.5. The Hall–Kier alpha value is -0.460. The molecule has 3 N–H and O–H groups in total. The highest BCUT2D eigenvalue weighted by Gasteiger charge is 2.25. The maximum Gasteiger partial charge on any atom is 0.426 e. The molecule has 0 aliphatic carbocycles. The minimum absolute atomic E-state index is 0.0772. The van der Waals surface area contributed by atoms with Gasteiger partial charge in [0.15, 0.2) is 0 Å². The predicted molar refractivity (Wildman–Crippen MR) is 74.9 cm³/mol. The normalized spacial score (nSPS) is 12.0. The molecule has 0 aromatic rings. The van der Waals surface area contributed by atoms with E-state index >= 15 is 0 Å². The van der Waals surface area contributed by atoms with Gasteiger partial charge in [-0.2, -0.15) is 0 Å². The van der Waals surface area contributed by atoms with Crippen molar-refractivity contribution < 1.29 is 29.1 Å². The van der Waals surface area contributed by atoms with Gasteiger partial charge < -0.3 is 14.9 Å². The van der Waals surface area contributed by atoms with Crippen LogP contribution in [-0.2, 0) is 14.2 Å². The Kier molecular flexibility index (Phi) is 11.0. The molecule has 0 aliphatic heterocycles. The van der Waals surface area contributed by atoms with Gasteiger partial charge in [-0.25, -0.2) is 4.57 Å². The molecule has 0 bridgehead atoms. The molecule has 0 fully saturated rings. The largest absolute Gasteiger partial charge is 0.481 e. The fourth-order valence-corrected chi connectivity index (χ4v) is 2.30. The van der Waals surface area contributed by atoms with Crippen LogP contribution in [0.4, 0.5) is 0 Å². The molecule has 20 heavy (non-hydrogen) atoms. The first-order chi connectivity index (χ1) is 9.38. The van der Waals surface area contributed by atoms with Crippen LogP contribution in [0.2, 0.25) is 0 Å². The summed E-state index contributed by atoms with van der Waals surface area (Å²) in [6.07, 6.45) is 5.58. The van der Waals surface area contributed by atoms with Gasteiger partial charge in [0.1, 0.15) is 0 Å². The molecule has 0 aromatic heterocycles. The molecule has 0 spiro atoms. The van der Waals surface area contributed by atoms with E-state index in [-0.39, 0.29) is 13.0 Å². The molecule has 0 radical (unpaired) electrons. The molecule has 0 saturated carbocycles. The Labute approximate surface area is 120 Å². The third-order valence-electron chi connectivity index (χ3n) is 2.77. The lowest BCUT2D eigenvalue weighted by Crippen LogP contribution is -2.22. The van der Waals surface area contributed by atoms with Gasteiger partial charge in [-0.3, -0.25) is 9.63 Å². The van der Waals surface area contributed by atoms with Gasteiger partial charge in [0.05, 0.1) is 6.61 Å². The van der Waals surface area contributed by atoms with Crippen LogP contribution in [0.1, 0.15) is 58.3 Å². The highest BCUT2D eigenvalue weighted by Crippen LogP contribution is 2.40. The van der Waals surface area contributed by atoms with Crippen LogP contribution in [0, 0.1) is 0 Å². The minimum Gasteiger partial charge on any atom is -0.481 e. The maximum absolute atomic E-state index is 11.2. The average Bonchev–Trinajstić information content (AvgIpc) is 2.33. The zero-order valence-electron chi connectivity index (χ0n) is 12.0. The third kappa shape index (κ3) is 11.4. The quantitative estimate of drug-likeness (QED) is 0.272. The molecule has 0 amide bonds. The summed E-state index contributed by atoms with van der Waals surface area (Å²) < 4.78 is 11.2. The van der Waals surface area contributed by atoms with E-state index in [4.69, 9.17) is 19.7 Å². The van der Waals surface area contributed by atoms with Crippen molar-refractivity contribution >= 4 is 13.7 Å². The van der Waals surface area contributed by atoms with Gasteiger partial charge in [0.2, 0.25) is 0 Å². The summed E-state index contributed by atoms with van der Waals surface area (Å²) in [6, 6.07) is 0. The number of carbonyl (C=O) groups is 1. The molecule has 8 heteroatoms. The standard InChI is InChI=1S/C12H26NO6P/c1-2-3-4-8-11-19-13(20(16,17)18)10-7-5-6-9-12(14)15/h2-11H2,1H3,(H,14,15)(H2,16,17,18). The van der Waals surface area contributed by atoms with Gasteiger partial charge in [0, 0.05) is 13.0 Å². The van der Waals surface area contributed by atoms with Crippen LogP contribution in [0.25, 0.3) is 0 Å². The molecule has 0 aromatic carbocycles. The monoisotopic (exact) mass is 311 g/mol. The van der Waals surface area contributed by atoms with E-state index in [2.05, 4.69) is 6.92 Å². The smallest absolute Gasteiger partial charge is 0.426 e. The Bertz CT molecular complexity index is 306. The molecule has 0 atom stereocenters. The van der Waals surface area contributed by atoms with Crippen LogP contribution in [0.3, 0.4) is 0 Å². The topological polar surface area (TPSA) is 107 Å². The predicted octanol–water partition coefficient (Wildman–Crippen LogP) is 2.54. The van der Waals surface area contributed by atoms with E-state index in [1.54, 1.807) is 0 Å². The summed E-state index contributed by atoms with van der Waals surface area (Å²) in [5.41, 5.74) is 0. The fourth-order valence-electron chi connectivity index (χ4n) is 1.67. The molecule has 0 heterocycles. The van der Waals surface area contributed by atoms with Crippen molar-refractivity contribution in [2.45, 2.75) is 58.3 Å². The van der Waals surface area contributed by atoms with Crippen LogP contribution >= 0.6 is 7.75 Å². The Morgan fingerprint density at radius 2 is 1.75 bits per heavy atom. The highest BCUT2D eigenvalue weighted by atomic mass is 31.2. The third-order valence-corrected chi connectivity index (χ3v) is 3.67. The number of nitrogens with zero attached hydrogens (tertiary/aromatic N) is 1. The molecule has 0 unspecified atom stereocenters. The molecule has 0 rings (SSSR count). The SMILES string of the molecule is CCCCCCON(CCCCCC(=O)O)P(=O)(O)O. The van der Waals surface area contributed by atoms with Crippen LogP contribution in [0.15, 0.2) is 0 Å². The zero-order chi connectivity index (χ0) is 15.4. The Morgan fingerprint density at radius 1 is 1.10 bits per heavy atom. The van der Waals surface area contributed by atoms with Crippen molar-refractivity contribution in [2.75, 3.05) is 13.2 Å². The van der Waals surface area contributed by atoms with Gasteiger partial charge in [0.25, 0.3) is 0 Å². The minimum atomic E-state index is -4.40. The van der Waals surface area contributed by atoms with Crippen LogP contribution in [0.5, 0.6) is 0 Å². The Balaban J connectivity index is 3.86. The number of carboxylic acids is 1. The molecule has 7 nitrogen and oxygen atoms in total. The van der Waals surface area contributed by atoms with E-state index in [1.165, 1.54) is 0 Å².